The number of aromatic amines is 1. The second-order valence-electron chi connectivity index (χ2n) is 5.62. The molecule has 0 amide bonds. The van der Waals surface area contributed by atoms with E-state index < -0.39 is 0 Å². The Morgan fingerprint density at radius 3 is 2.74 bits per heavy atom. The van der Waals surface area contributed by atoms with Gasteiger partial charge in [-0.05, 0) is 42.0 Å². The molecule has 3 N–H and O–H groups in total. The average Bonchev–Trinajstić information content (AvgIpc) is 3.12. The molecule has 4 nitrogen and oxygen atoms in total. The standard InChI is InChI=1S/C19H15N3O/c20-14-7-5-12(6-8-14)18(23)10-9-17-16-11-13-3-1-2-4-15(13)19(16)22-21-17/h1-10H,11,20H2,(H,21,22)/b10-9+. The van der Waals surface area contributed by atoms with Crippen LogP contribution in [0, 0.1) is 0 Å². The van der Waals surface area contributed by atoms with Crippen LogP contribution in [0.4, 0.5) is 5.69 Å². The predicted octanol–water partition coefficient (Wildman–Crippen LogP) is 3.46. The highest BCUT2D eigenvalue weighted by atomic mass is 16.1. The maximum atomic E-state index is 12.2. The summed E-state index contributed by atoms with van der Waals surface area (Å²) in [5.74, 6) is -0.0520. The van der Waals surface area contributed by atoms with Gasteiger partial charge in [-0.25, -0.2) is 0 Å². The Labute approximate surface area is 133 Å². The van der Waals surface area contributed by atoms with E-state index in [4.69, 9.17) is 5.73 Å². The first kappa shape index (κ1) is 13.5. The number of nitrogens with one attached hydrogen (secondary N) is 1. The van der Waals surface area contributed by atoms with Gasteiger partial charge in [0.05, 0.1) is 11.4 Å². The van der Waals surface area contributed by atoms with Crippen molar-refractivity contribution in [1.82, 2.24) is 10.2 Å². The summed E-state index contributed by atoms with van der Waals surface area (Å²) in [5, 5.41) is 7.42. The molecule has 0 unspecified atom stereocenters. The number of rotatable bonds is 3. The average molecular weight is 301 g/mol. The number of H-pyrrole nitrogens is 1. The van der Waals surface area contributed by atoms with Crippen LogP contribution in [0.15, 0.2) is 54.6 Å². The van der Waals surface area contributed by atoms with Crippen LogP contribution < -0.4 is 5.73 Å². The summed E-state index contributed by atoms with van der Waals surface area (Å²) < 4.78 is 0. The van der Waals surface area contributed by atoms with Crippen molar-refractivity contribution in [3.8, 4) is 11.3 Å². The molecule has 0 spiro atoms. The van der Waals surface area contributed by atoms with Gasteiger partial charge in [-0.3, -0.25) is 9.89 Å². The van der Waals surface area contributed by atoms with Crippen LogP contribution in [-0.2, 0) is 6.42 Å². The van der Waals surface area contributed by atoms with E-state index >= 15 is 0 Å². The quantitative estimate of drug-likeness (QED) is 0.346. The number of nitrogens with zero attached hydrogens (tertiary/aromatic N) is 1. The van der Waals surface area contributed by atoms with Crippen LogP contribution in [0.1, 0.15) is 27.2 Å². The van der Waals surface area contributed by atoms with Gasteiger partial charge in [0.2, 0.25) is 0 Å². The molecule has 3 aromatic rings. The summed E-state index contributed by atoms with van der Waals surface area (Å²) in [6.45, 7) is 0. The van der Waals surface area contributed by atoms with Crippen LogP contribution in [0.3, 0.4) is 0 Å². The Morgan fingerprint density at radius 2 is 1.91 bits per heavy atom. The zero-order chi connectivity index (χ0) is 15.8. The Balaban J connectivity index is 1.60. The minimum atomic E-state index is -0.0520. The van der Waals surface area contributed by atoms with Gasteiger partial charge in [0.15, 0.2) is 5.78 Å². The highest BCUT2D eigenvalue weighted by molar-refractivity contribution is 6.07. The van der Waals surface area contributed by atoms with Crippen LogP contribution in [0.5, 0.6) is 0 Å². The molecule has 112 valence electrons. The number of aromatic nitrogens is 2. The second-order valence-corrected chi connectivity index (χ2v) is 5.62. The molecule has 4 rings (SSSR count). The van der Waals surface area contributed by atoms with Crippen molar-refractivity contribution in [2.24, 2.45) is 0 Å². The van der Waals surface area contributed by atoms with Crippen LogP contribution >= 0.6 is 0 Å². The summed E-state index contributed by atoms with van der Waals surface area (Å²) in [7, 11) is 0. The monoisotopic (exact) mass is 301 g/mol. The first-order chi connectivity index (χ1) is 11.2. The first-order valence-corrected chi connectivity index (χ1v) is 7.46. The smallest absolute Gasteiger partial charge is 0.185 e. The summed E-state index contributed by atoms with van der Waals surface area (Å²) in [6.07, 6.45) is 4.22. The van der Waals surface area contributed by atoms with E-state index in [0.29, 0.717) is 11.3 Å². The maximum Gasteiger partial charge on any atom is 0.185 e. The largest absolute Gasteiger partial charge is 0.399 e. The molecule has 1 aromatic heterocycles. The van der Waals surface area contributed by atoms with E-state index in [1.807, 2.05) is 12.1 Å². The van der Waals surface area contributed by atoms with E-state index in [0.717, 1.165) is 23.4 Å². The molecule has 0 bridgehead atoms. The lowest BCUT2D eigenvalue weighted by Gasteiger charge is -1.97. The number of allylic oxidation sites excluding steroid dienone is 1. The summed E-state index contributed by atoms with van der Waals surface area (Å²) in [4.78, 5) is 12.2. The van der Waals surface area contributed by atoms with Gasteiger partial charge in [0.25, 0.3) is 0 Å². The zero-order valence-electron chi connectivity index (χ0n) is 12.4. The van der Waals surface area contributed by atoms with Crippen molar-refractivity contribution >= 4 is 17.5 Å². The number of carbonyl (C=O) groups is 1. The third-order valence-corrected chi connectivity index (χ3v) is 4.14. The molecule has 1 aliphatic rings. The minimum absolute atomic E-state index is 0.0520. The summed E-state index contributed by atoms with van der Waals surface area (Å²) in [6, 6.07) is 15.2. The first-order valence-electron chi connectivity index (χ1n) is 7.46. The number of benzene rings is 2. The second kappa shape index (κ2) is 5.25. The van der Waals surface area contributed by atoms with Gasteiger partial charge in [0.1, 0.15) is 0 Å². The number of nitrogens with two attached hydrogens (primary N) is 1. The number of fused-ring (bicyclic) bond motifs is 3. The van der Waals surface area contributed by atoms with E-state index in [2.05, 4.69) is 22.3 Å². The molecule has 4 heteroatoms. The minimum Gasteiger partial charge on any atom is -0.399 e. The third kappa shape index (κ3) is 2.34. The summed E-state index contributed by atoms with van der Waals surface area (Å²) in [5.41, 5.74) is 12.4. The number of ketones is 1. The van der Waals surface area contributed by atoms with Crippen molar-refractivity contribution in [3.63, 3.8) is 0 Å². The van der Waals surface area contributed by atoms with E-state index in [9.17, 15) is 4.79 Å². The van der Waals surface area contributed by atoms with Gasteiger partial charge >= 0.3 is 0 Å². The van der Waals surface area contributed by atoms with Crippen molar-refractivity contribution in [2.45, 2.75) is 6.42 Å². The topological polar surface area (TPSA) is 71.8 Å². The molecule has 0 fully saturated rings. The fourth-order valence-electron chi connectivity index (χ4n) is 2.92. The lowest BCUT2D eigenvalue weighted by molar-refractivity contribution is 0.104. The molecule has 0 saturated carbocycles. The van der Waals surface area contributed by atoms with E-state index in [-0.39, 0.29) is 5.78 Å². The zero-order valence-corrected chi connectivity index (χ0v) is 12.4. The third-order valence-electron chi connectivity index (χ3n) is 4.14. The molecule has 1 heterocycles. The van der Waals surface area contributed by atoms with Crippen molar-refractivity contribution < 1.29 is 4.79 Å². The SMILES string of the molecule is Nc1ccc(C(=O)/C=C/c2[nH]nc3c2Cc2ccccc2-3)cc1. The van der Waals surface area contributed by atoms with Gasteiger partial charge in [0, 0.05) is 28.8 Å². The van der Waals surface area contributed by atoms with E-state index in [1.54, 1.807) is 36.4 Å². The number of carbonyl (C=O) groups excluding carboxylic acids is 1. The number of nitrogen functional groups attached to an aromatic ring is 1. The highest BCUT2D eigenvalue weighted by Crippen LogP contribution is 2.36. The molecular formula is C19H15N3O. The Bertz CT molecular complexity index is 920. The Hall–Kier alpha value is -3.14. The molecule has 1 aliphatic carbocycles. The van der Waals surface area contributed by atoms with Crippen molar-refractivity contribution in [1.29, 1.82) is 0 Å². The Morgan fingerprint density at radius 1 is 1.13 bits per heavy atom. The normalized spacial score (nSPS) is 12.3. The number of anilines is 1. The molecule has 23 heavy (non-hydrogen) atoms. The van der Waals surface area contributed by atoms with Gasteiger partial charge in [-0.2, -0.15) is 5.10 Å². The predicted molar refractivity (Wildman–Crippen MR) is 91.0 cm³/mol. The molecule has 2 aromatic carbocycles. The van der Waals surface area contributed by atoms with Gasteiger partial charge < -0.3 is 5.73 Å². The fourth-order valence-corrected chi connectivity index (χ4v) is 2.92. The fraction of sp³-hybridized carbons (Fsp3) is 0.0526. The Kier molecular flexibility index (Phi) is 3.08. The lowest BCUT2D eigenvalue weighted by atomic mass is 10.1. The van der Waals surface area contributed by atoms with Crippen molar-refractivity contribution in [3.05, 3.63) is 77.0 Å². The van der Waals surface area contributed by atoms with Gasteiger partial charge in [-0.15, -0.1) is 0 Å². The molecule has 0 radical (unpaired) electrons. The van der Waals surface area contributed by atoms with Gasteiger partial charge in [-0.1, -0.05) is 24.3 Å². The summed E-state index contributed by atoms with van der Waals surface area (Å²) >= 11 is 0. The van der Waals surface area contributed by atoms with Crippen LogP contribution in [0.25, 0.3) is 17.3 Å². The molecule has 0 aliphatic heterocycles. The van der Waals surface area contributed by atoms with Crippen molar-refractivity contribution in [2.75, 3.05) is 5.73 Å². The van der Waals surface area contributed by atoms with Crippen LogP contribution in [-0.4, -0.2) is 16.0 Å². The number of hydrogen-bond donors (Lipinski definition) is 2. The lowest BCUT2D eigenvalue weighted by Crippen LogP contribution is -1.95. The van der Waals surface area contributed by atoms with Crippen LogP contribution in [0.2, 0.25) is 0 Å². The number of hydrogen-bond acceptors (Lipinski definition) is 3. The maximum absolute atomic E-state index is 12.2. The molecule has 0 atom stereocenters. The molecular weight excluding hydrogens is 286 g/mol. The molecule has 0 saturated heterocycles. The van der Waals surface area contributed by atoms with E-state index in [1.165, 1.54) is 11.1 Å². The highest BCUT2D eigenvalue weighted by Gasteiger charge is 2.23.